The zero-order valence-corrected chi connectivity index (χ0v) is 14.6. The number of esters is 1. The Balaban J connectivity index is 1.51. The Kier molecular flexibility index (Phi) is 5.53. The summed E-state index contributed by atoms with van der Waals surface area (Å²) in [5.41, 5.74) is 1.08. The summed E-state index contributed by atoms with van der Waals surface area (Å²) in [5.74, 6) is -1.64. The van der Waals surface area contributed by atoms with Gasteiger partial charge in [-0.1, -0.05) is 17.4 Å². The first-order valence-electron chi connectivity index (χ1n) is 7.78. The van der Waals surface area contributed by atoms with Gasteiger partial charge >= 0.3 is 5.97 Å². The topological polar surface area (TPSA) is 112 Å². The van der Waals surface area contributed by atoms with Crippen molar-refractivity contribution in [2.75, 3.05) is 11.9 Å². The van der Waals surface area contributed by atoms with Gasteiger partial charge in [-0.3, -0.25) is 0 Å². The molecule has 0 saturated carbocycles. The van der Waals surface area contributed by atoms with Crippen LogP contribution in [-0.4, -0.2) is 39.1 Å². The number of aromatic hydroxyl groups is 2. The SMILES string of the molecule is O=C(/C=C/c1ccc(O)c(O)c1)OCC(O)Nc1nc2ccc(F)cc2s1. The molecule has 140 valence electrons. The lowest BCUT2D eigenvalue weighted by atomic mass is 10.2. The van der Waals surface area contributed by atoms with Crippen LogP contribution in [0.1, 0.15) is 5.56 Å². The van der Waals surface area contributed by atoms with E-state index in [2.05, 4.69) is 10.3 Å². The number of nitrogens with one attached hydrogen (secondary N) is 1. The summed E-state index contributed by atoms with van der Waals surface area (Å²) in [6.07, 6.45) is 1.33. The normalized spacial score (nSPS) is 12.4. The van der Waals surface area contributed by atoms with Crippen molar-refractivity contribution in [1.82, 2.24) is 4.98 Å². The highest BCUT2D eigenvalue weighted by Gasteiger charge is 2.11. The van der Waals surface area contributed by atoms with Crippen molar-refractivity contribution in [1.29, 1.82) is 0 Å². The van der Waals surface area contributed by atoms with Gasteiger partial charge < -0.3 is 25.4 Å². The summed E-state index contributed by atoms with van der Waals surface area (Å²) < 4.78 is 18.7. The minimum atomic E-state index is -1.19. The Morgan fingerprint density at radius 1 is 1.26 bits per heavy atom. The molecule has 4 N–H and O–H groups in total. The third kappa shape index (κ3) is 4.93. The summed E-state index contributed by atoms with van der Waals surface area (Å²) in [6.45, 7) is -0.325. The highest BCUT2D eigenvalue weighted by atomic mass is 32.1. The Hall–Kier alpha value is -3.17. The first kappa shape index (κ1) is 18.6. The van der Waals surface area contributed by atoms with Crippen LogP contribution in [0, 0.1) is 5.82 Å². The van der Waals surface area contributed by atoms with Gasteiger partial charge in [-0.05, 0) is 42.0 Å². The summed E-state index contributed by atoms with van der Waals surface area (Å²) in [4.78, 5) is 15.9. The molecule has 0 amide bonds. The molecular formula is C18H15FN2O5S. The van der Waals surface area contributed by atoms with Gasteiger partial charge in [0.15, 0.2) is 22.9 Å². The molecule has 2 aromatic carbocycles. The van der Waals surface area contributed by atoms with Gasteiger partial charge in [0.2, 0.25) is 0 Å². The van der Waals surface area contributed by atoms with Crippen LogP contribution in [0.5, 0.6) is 11.5 Å². The molecule has 27 heavy (non-hydrogen) atoms. The molecule has 0 fully saturated rings. The predicted octanol–water partition coefficient (Wildman–Crippen LogP) is 2.83. The number of anilines is 1. The van der Waals surface area contributed by atoms with E-state index in [1.54, 1.807) is 0 Å². The fraction of sp³-hybridized carbons (Fsp3) is 0.111. The summed E-state index contributed by atoms with van der Waals surface area (Å²) in [5, 5.41) is 31.6. The molecule has 7 nitrogen and oxygen atoms in total. The van der Waals surface area contributed by atoms with Crippen molar-refractivity contribution < 1.29 is 29.2 Å². The molecule has 1 unspecified atom stereocenters. The maximum atomic E-state index is 13.2. The monoisotopic (exact) mass is 390 g/mol. The lowest BCUT2D eigenvalue weighted by Gasteiger charge is -2.11. The third-order valence-electron chi connectivity index (χ3n) is 3.44. The second-order valence-electron chi connectivity index (χ2n) is 5.50. The number of phenols is 2. The van der Waals surface area contributed by atoms with E-state index in [1.807, 2.05) is 0 Å². The molecule has 0 aliphatic carbocycles. The number of hydrogen-bond acceptors (Lipinski definition) is 8. The summed E-state index contributed by atoms with van der Waals surface area (Å²) >= 11 is 1.16. The molecule has 0 radical (unpaired) electrons. The van der Waals surface area contributed by atoms with Crippen LogP contribution in [-0.2, 0) is 9.53 Å². The molecular weight excluding hydrogens is 375 g/mol. The van der Waals surface area contributed by atoms with E-state index in [4.69, 9.17) is 4.74 Å². The summed E-state index contributed by atoms with van der Waals surface area (Å²) in [6, 6.07) is 8.25. The minimum absolute atomic E-state index is 0.262. The van der Waals surface area contributed by atoms with Gasteiger partial charge in [-0.2, -0.15) is 0 Å². The van der Waals surface area contributed by atoms with Crippen molar-refractivity contribution in [3.8, 4) is 11.5 Å². The minimum Gasteiger partial charge on any atom is -0.504 e. The number of halogens is 1. The Morgan fingerprint density at radius 2 is 2.07 bits per heavy atom. The predicted molar refractivity (Wildman–Crippen MR) is 99.0 cm³/mol. The highest BCUT2D eigenvalue weighted by Crippen LogP contribution is 2.27. The fourth-order valence-corrected chi connectivity index (χ4v) is 3.10. The molecule has 0 aliphatic heterocycles. The molecule has 0 saturated heterocycles. The van der Waals surface area contributed by atoms with Crippen molar-refractivity contribution in [3.05, 3.63) is 53.9 Å². The van der Waals surface area contributed by atoms with E-state index in [0.29, 0.717) is 20.9 Å². The average Bonchev–Trinajstić information content (AvgIpc) is 3.02. The van der Waals surface area contributed by atoms with E-state index in [1.165, 1.54) is 42.5 Å². The lowest BCUT2D eigenvalue weighted by molar-refractivity contribution is -0.140. The van der Waals surface area contributed by atoms with Crippen molar-refractivity contribution in [2.45, 2.75) is 6.23 Å². The van der Waals surface area contributed by atoms with Crippen LogP contribution in [0.4, 0.5) is 9.52 Å². The fourth-order valence-electron chi connectivity index (χ4n) is 2.16. The van der Waals surface area contributed by atoms with Gasteiger partial charge in [-0.15, -0.1) is 0 Å². The van der Waals surface area contributed by atoms with Crippen LogP contribution in [0.15, 0.2) is 42.5 Å². The number of thiazole rings is 1. The molecule has 0 bridgehead atoms. The first-order valence-corrected chi connectivity index (χ1v) is 8.60. The van der Waals surface area contributed by atoms with Gasteiger partial charge in [-0.25, -0.2) is 14.2 Å². The van der Waals surface area contributed by atoms with Gasteiger partial charge in [0.25, 0.3) is 0 Å². The molecule has 1 aromatic heterocycles. The van der Waals surface area contributed by atoms with E-state index < -0.39 is 12.2 Å². The molecule has 0 aliphatic rings. The zero-order chi connectivity index (χ0) is 19.4. The molecule has 1 atom stereocenters. The van der Waals surface area contributed by atoms with Crippen molar-refractivity contribution in [2.24, 2.45) is 0 Å². The Labute approximate surface area is 157 Å². The average molecular weight is 390 g/mol. The number of phenolic OH excluding ortho intramolecular Hbond substituents is 2. The van der Waals surface area contributed by atoms with Crippen LogP contribution >= 0.6 is 11.3 Å². The third-order valence-corrected chi connectivity index (χ3v) is 4.38. The maximum Gasteiger partial charge on any atom is 0.330 e. The number of fused-ring (bicyclic) bond motifs is 1. The number of carbonyl (C=O) groups is 1. The number of nitrogens with zero attached hydrogens (tertiary/aromatic N) is 1. The lowest BCUT2D eigenvalue weighted by Crippen LogP contribution is -2.26. The smallest absolute Gasteiger partial charge is 0.330 e. The molecule has 9 heteroatoms. The van der Waals surface area contributed by atoms with Crippen molar-refractivity contribution in [3.63, 3.8) is 0 Å². The van der Waals surface area contributed by atoms with Gasteiger partial charge in [0.05, 0.1) is 10.2 Å². The summed E-state index contributed by atoms with van der Waals surface area (Å²) in [7, 11) is 0. The largest absolute Gasteiger partial charge is 0.504 e. The second kappa shape index (κ2) is 8.02. The number of aromatic nitrogens is 1. The Morgan fingerprint density at radius 3 is 2.85 bits per heavy atom. The molecule has 3 aromatic rings. The maximum absolute atomic E-state index is 13.2. The quantitative estimate of drug-likeness (QED) is 0.222. The first-order chi connectivity index (χ1) is 12.9. The Bertz CT molecular complexity index is 1000. The van der Waals surface area contributed by atoms with Crippen molar-refractivity contribution >= 4 is 38.7 Å². The van der Waals surface area contributed by atoms with E-state index >= 15 is 0 Å². The van der Waals surface area contributed by atoms with Gasteiger partial charge in [0, 0.05) is 6.08 Å². The standard InChI is InChI=1S/C18H15FN2O5S/c19-11-3-4-12-15(8-11)27-18(20-12)21-16(24)9-26-17(25)6-2-10-1-5-13(22)14(23)7-10/h1-8,16,22-24H,9H2,(H,20,21)/b6-2+. The van der Waals surface area contributed by atoms with Crippen LogP contribution in [0.25, 0.3) is 16.3 Å². The van der Waals surface area contributed by atoms with Crippen LogP contribution < -0.4 is 5.32 Å². The number of benzene rings is 2. The number of rotatable bonds is 6. The number of carbonyl (C=O) groups excluding carboxylic acids is 1. The van der Waals surface area contributed by atoms with Crippen LogP contribution in [0.2, 0.25) is 0 Å². The zero-order valence-electron chi connectivity index (χ0n) is 13.8. The number of hydrogen-bond donors (Lipinski definition) is 4. The molecule has 1 heterocycles. The number of ether oxygens (including phenoxy) is 1. The van der Waals surface area contributed by atoms with E-state index in [0.717, 1.165) is 17.4 Å². The number of aliphatic hydroxyl groups is 1. The van der Waals surface area contributed by atoms with Crippen LogP contribution in [0.3, 0.4) is 0 Å². The second-order valence-corrected chi connectivity index (χ2v) is 6.53. The molecule has 0 spiro atoms. The number of aliphatic hydroxyl groups excluding tert-OH is 1. The molecule has 3 rings (SSSR count). The van der Waals surface area contributed by atoms with E-state index in [-0.39, 0.29) is 23.9 Å². The van der Waals surface area contributed by atoms with E-state index in [9.17, 15) is 24.5 Å². The highest BCUT2D eigenvalue weighted by molar-refractivity contribution is 7.22. The van der Waals surface area contributed by atoms with Gasteiger partial charge in [0.1, 0.15) is 12.4 Å².